The Bertz CT molecular complexity index is 1050. The van der Waals surface area contributed by atoms with E-state index in [-0.39, 0.29) is 24.1 Å². The van der Waals surface area contributed by atoms with E-state index in [1.165, 1.54) is 6.92 Å². The molecule has 3 amide bonds. The lowest BCUT2D eigenvalue weighted by Crippen LogP contribution is -2.23. The van der Waals surface area contributed by atoms with Crippen LogP contribution in [-0.4, -0.2) is 27.3 Å². The molecule has 0 saturated heterocycles. The first-order valence-electron chi connectivity index (χ1n) is 8.46. The highest BCUT2D eigenvalue weighted by Crippen LogP contribution is 2.32. The maximum Gasteiger partial charge on any atom is 0.250 e. The number of rotatable bonds is 4. The molecule has 1 aliphatic rings. The number of hydrogen-bond donors (Lipinski definition) is 3. The third-order valence-electron chi connectivity index (χ3n) is 4.31. The summed E-state index contributed by atoms with van der Waals surface area (Å²) < 4.78 is 1.76. The van der Waals surface area contributed by atoms with Gasteiger partial charge < -0.3 is 10.6 Å². The molecule has 0 aliphatic carbocycles. The number of nitrogens with one attached hydrogen (secondary N) is 3. The normalized spacial score (nSPS) is 15.3. The highest BCUT2D eigenvalue weighted by molar-refractivity contribution is 6.03. The molecule has 0 saturated carbocycles. The summed E-state index contributed by atoms with van der Waals surface area (Å²) >= 11 is 0. The average molecular weight is 363 g/mol. The van der Waals surface area contributed by atoms with E-state index in [1.54, 1.807) is 28.8 Å². The van der Waals surface area contributed by atoms with Gasteiger partial charge in [-0.15, -0.1) is 0 Å². The van der Waals surface area contributed by atoms with Gasteiger partial charge in [-0.1, -0.05) is 12.1 Å². The van der Waals surface area contributed by atoms with E-state index in [1.807, 2.05) is 24.3 Å². The van der Waals surface area contributed by atoms with Crippen LogP contribution in [0.4, 0.5) is 17.3 Å². The third-order valence-corrected chi connectivity index (χ3v) is 4.31. The minimum atomic E-state index is -0.647. The number of benzene rings is 2. The third kappa shape index (κ3) is 3.24. The molecule has 4 rings (SSSR count). The van der Waals surface area contributed by atoms with Crippen LogP contribution >= 0.6 is 0 Å². The maximum atomic E-state index is 12.4. The second kappa shape index (κ2) is 6.56. The molecule has 8 heteroatoms. The number of amides is 3. The zero-order chi connectivity index (χ0) is 19.0. The summed E-state index contributed by atoms with van der Waals surface area (Å²) in [6, 6.07) is 13.6. The average Bonchev–Trinajstić information content (AvgIpc) is 3.12. The molecular weight excluding hydrogens is 346 g/mol. The van der Waals surface area contributed by atoms with Crippen LogP contribution in [0, 0.1) is 0 Å². The van der Waals surface area contributed by atoms with Crippen molar-refractivity contribution in [1.29, 1.82) is 0 Å². The van der Waals surface area contributed by atoms with E-state index in [0.29, 0.717) is 17.3 Å². The van der Waals surface area contributed by atoms with Gasteiger partial charge in [0.2, 0.25) is 23.7 Å². The molecule has 1 unspecified atom stereocenters. The van der Waals surface area contributed by atoms with Gasteiger partial charge in [-0.2, -0.15) is 0 Å². The lowest BCUT2D eigenvalue weighted by molar-refractivity contribution is -0.123. The number of carbonyl (C=O) groups excluding carboxylic acids is 3. The van der Waals surface area contributed by atoms with Crippen LogP contribution in [0.1, 0.15) is 19.4 Å². The molecule has 1 aromatic heterocycles. The fourth-order valence-electron chi connectivity index (χ4n) is 3.17. The van der Waals surface area contributed by atoms with Crippen LogP contribution in [0.25, 0.3) is 11.0 Å². The van der Waals surface area contributed by atoms with Crippen molar-refractivity contribution in [2.75, 3.05) is 16.0 Å². The fourth-order valence-corrected chi connectivity index (χ4v) is 3.17. The van der Waals surface area contributed by atoms with Crippen molar-refractivity contribution in [2.24, 2.45) is 0 Å². The molecule has 0 spiro atoms. The Balaban J connectivity index is 1.49. The maximum absolute atomic E-state index is 12.4. The summed E-state index contributed by atoms with van der Waals surface area (Å²) in [5.41, 5.74) is 2.81. The van der Waals surface area contributed by atoms with E-state index >= 15 is 0 Å². The van der Waals surface area contributed by atoms with Crippen LogP contribution in [0.3, 0.4) is 0 Å². The largest absolute Gasteiger partial charge is 0.326 e. The van der Waals surface area contributed by atoms with Gasteiger partial charge in [0.15, 0.2) is 0 Å². The number of imidazole rings is 1. The Morgan fingerprint density at radius 2 is 1.74 bits per heavy atom. The van der Waals surface area contributed by atoms with Crippen molar-refractivity contribution in [3.05, 3.63) is 48.5 Å². The van der Waals surface area contributed by atoms with Crippen LogP contribution in [0.2, 0.25) is 0 Å². The Labute approximate surface area is 154 Å². The van der Waals surface area contributed by atoms with Crippen molar-refractivity contribution in [1.82, 2.24) is 9.55 Å². The summed E-state index contributed by atoms with van der Waals surface area (Å²) in [5.74, 6) is -0.242. The van der Waals surface area contributed by atoms with Crippen LogP contribution in [-0.2, 0) is 14.4 Å². The lowest BCUT2D eigenvalue weighted by atomic mass is 10.1. The second-order valence-corrected chi connectivity index (χ2v) is 6.31. The van der Waals surface area contributed by atoms with Gasteiger partial charge in [0.25, 0.3) is 0 Å². The van der Waals surface area contributed by atoms with Gasteiger partial charge in [0.1, 0.15) is 6.04 Å². The zero-order valence-corrected chi connectivity index (χ0v) is 14.5. The van der Waals surface area contributed by atoms with Crippen LogP contribution in [0.5, 0.6) is 0 Å². The molecule has 2 heterocycles. The molecule has 0 radical (unpaired) electrons. The Hall–Kier alpha value is -3.68. The molecule has 8 nitrogen and oxygen atoms in total. The fraction of sp³-hybridized carbons (Fsp3) is 0.158. The first-order valence-corrected chi connectivity index (χ1v) is 8.46. The summed E-state index contributed by atoms with van der Waals surface area (Å²) in [5, 5.41) is 8.16. The number of carbonyl (C=O) groups is 3. The number of para-hydroxylation sites is 2. The highest BCUT2D eigenvalue weighted by atomic mass is 16.2. The van der Waals surface area contributed by atoms with Crippen molar-refractivity contribution in [3.8, 4) is 0 Å². The van der Waals surface area contributed by atoms with Crippen LogP contribution < -0.4 is 16.0 Å². The second-order valence-electron chi connectivity index (χ2n) is 6.31. The van der Waals surface area contributed by atoms with E-state index in [9.17, 15) is 14.4 Å². The van der Waals surface area contributed by atoms with Gasteiger partial charge in [-0.25, -0.2) is 4.98 Å². The predicted octanol–water partition coefficient (Wildman–Crippen LogP) is 2.52. The lowest BCUT2D eigenvalue weighted by Gasteiger charge is -2.12. The molecule has 2 aromatic carbocycles. The molecule has 136 valence electrons. The minimum absolute atomic E-state index is 0.00731. The number of anilines is 3. The predicted molar refractivity (Wildman–Crippen MR) is 101 cm³/mol. The van der Waals surface area contributed by atoms with Crippen molar-refractivity contribution in [2.45, 2.75) is 19.4 Å². The van der Waals surface area contributed by atoms with Crippen molar-refractivity contribution < 1.29 is 14.4 Å². The Morgan fingerprint density at radius 1 is 1.07 bits per heavy atom. The summed E-state index contributed by atoms with van der Waals surface area (Å²) in [6.45, 7) is 1.43. The van der Waals surface area contributed by atoms with Gasteiger partial charge in [0.05, 0.1) is 17.5 Å². The number of hydrogen-bond acceptors (Lipinski definition) is 4. The molecular formula is C19H17N5O3. The molecule has 0 bridgehead atoms. The van der Waals surface area contributed by atoms with E-state index in [0.717, 1.165) is 11.0 Å². The monoisotopic (exact) mass is 363 g/mol. The number of nitrogens with zero attached hydrogens (tertiary/aromatic N) is 2. The van der Waals surface area contributed by atoms with E-state index in [2.05, 4.69) is 20.9 Å². The molecule has 0 fully saturated rings. The SMILES string of the molecule is CC(=O)Nc1ccc(NC(=O)CC2C(=O)Nc3nc4ccccc4n32)cc1. The Kier molecular flexibility index (Phi) is 4.08. The number of aromatic nitrogens is 2. The van der Waals surface area contributed by atoms with Crippen molar-refractivity contribution >= 4 is 46.1 Å². The van der Waals surface area contributed by atoms with Gasteiger partial charge in [-0.05, 0) is 36.4 Å². The topological polar surface area (TPSA) is 105 Å². The molecule has 3 N–H and O–H groups in total. The van der Waals surface area contributed by atoms with Gasteiger partial charge >= 0.3 is 0 Å². The molecule has 3 aromatic rings. The molecule has 1 atom stereocenters. The first kappa shape index (κ1) is 16.8. The van der Waals surface area contributed by atoms with Crippen molar-refractivity contribution in [3.63, 3.8) is 0 Å². The molecule has 27 heavy (non-hydrogen) atoms. The smallest absolute Gasteiger partial charge is 0.250 e. The summed E-state index contributed by atoms with van der Waals surface area (Å²) in [4.78, 5) is 40.2. The first-order chi connectivity index (χ1) is 13.0. The quantitative estimate of drug-likeness (QED) is 0.662. The minimum Gasteiger partial charge on any atom is -0.326 e. The van der Waals surface area contributed by atoms with E-state index in [4.69, 9.17) is 0 Å². The Morgan fingerprint density at radius 3 is 2.44 bits per heavy atom. The summed E-state index contributed by atoms with van der Waals surface area (Å²) in [6.07, 6.45) is -0.00731. The van der Waals surface area contributed by atoms with Gasteiger partial charge in [-0.3, -0.25) is 24.3 Å². The number of fused-ring (bicyclic) bond motifs is 3. The molecule has 1 aliphatic heterocycles. The van der Waals surface area contributed by atoms with E-state index < -0.39 is 6.04 Å². The zero-order valence-electron chi connectivity index (χ0n) is 14.5. The summed E-state index contributed by atoms with van der Waals surface area (Å²) in [7, 11) is 0. The highest BCUT2D eigenvalue weighted by Gasteiger charge is 2.34. The standard InChI is InChI=1S/C19H17N5O3/c1-11(25)20-12-6-8-13(9-7-12)21-17(26)10-16-18(27)23-19-22-14-4-2-3-5-15(14)24(16)19/h2-9,16H,10H2,1H3,(H,20,25)(H,21,26)(H,22,23,27). The van der Waals surface area contributed by atoms with Crippen LogP contribution in [0.15, 0.2) is 48.5 Å². The van der Waals surface area contributed by atoms with Gasteiger partial charge in [0, 0.05) is 18.3 Å².